The van der Waals surface area contributed by atoms with Gasteiger partial charge in [-0.25, -0.2) is 4.79 Å². The molecule has 2 rings (SSSR count). The maximum atomic E-state index is 11.4. The second-order valence-electron chi connectivity index (χ2n) is 4.84. The summed E-state index contributed by atoms with van der Waals surface area (Å²) in [6, 6.07) is 3.35. The molecule has 2 atom stereocenters. The molecule has 5 heteroatoms. The van der Waals surface area contributed by atoms with E-state index in [1.807, 2.05) is 13.8 Å². The van der Waals surface area contributed by atoms with Gasteiger partial charge in [0.15, 0.2) is 6.10 Å². The highest BCUT2D eigenvalue weighted by Crippen LogP contribution is 2.31. The number of aliphatic hydroxyl groups is 1. The number of aliphatic hydroxyl groups excluding tert-OH is 1. The van der Waals surface area contributed by atoms with Crippen LogP contribution in [0.25, 0.3) is 0 Å². The van der Waals surface area contributed by atoms with Gasteiger partial charge in [0.05, 0.1) is 19.5 Å². The lowest BCUT2D eigenvalue weighted by Gasteiger charge is -2.22. The van der Waals surface area contributed by atoms with Crippen LogP contribution in [0.2, 0.25) is 0 Å². The standard InChI is InChI=1S/C12H16O5/c1-12(2)7-17-11(14)10(12)16-6-8(13)9-4-3-5-15-9/h3-5,8,10,13H,6-7H2,1-2H3/t8?,10-/m0/s1. The van der Waals surface area contributed by atoms with E-state index >= 15 is 0 Å². The van der Waals surface area contributed by atoms with Crippen molar-refractivity contribution < 1.29 is 23.8 Å². The molecule has 0 aliphatic carbocycles. The van der Waals surface area contributed by atoms with Crippen molar-refractivity contribution in [1.82, 2.24) is 0 Å². The van der Waals surface area contributed by atoms with Gasteiger partial charge in [0, 0.05) is 5.41 Å². The molecule has 1 aliphatic heterocycles. The van der Waals surface area contributed by atoms with Crippen molar-refractivity contribution in [2.75, 3.05) is 13.2 Å². The van der Waals surface area contributed by atoms with Gasteiger partial charge in [0.25, 0.3) is 0 Å². The van der Waals surface area contributed by atoms with Crippen molar-refractivity contribution in [1.29, 1.82) is 0 Å². The number of carbonyl (C=O) groups is 1. The first-order chi connectivity index (χ1) is 8.00. The quantitative estimate of drug-likeness (QED) is 0.803. The molecule has 94 valence electrons. The van der Waals surface area contributed by atoms with Gasteiger partial charge in [0.2, 0.25) is 0 Å². The summed E-state index contributed by atoms with van der Waals surface area (Å²) in [5.41, 5.74) is -0.361. The predicted molar refractivity (Wildman–Crippen MR) is 58.1 cm³/mol. The van der Waals surface area contributed by atoms with Gasteiger partial charge in [-0.3, -0.25) is 0 Å². The van der Waals surface area contributed by atoms with E-state index in [2.05, 4.69) is 0 Å². The summed E-state index contributed by atoms with van der Waals surface area (Å²) in [6.45, 7) is 4.13. The van der Waals surface area contributed by atoms with Gasteiger partial charge in [-0.05, 0) is 12.1 Å². The van der Waals surface area contributed by atoms with Crippen LogP contribution in [0.5, 0.6) is 0 Å². The fraction of sp³-hybridized carbons (Fsp3) is 0.583. The van der Waals surface area contributed by atoms with E-state index in [9.17, 15) is 9.90 Å². The van der Waals surface area contributed by atoms with E-state index in [1.165, 1.54) is 6.26 Å². The highest BCUT2D eigenvalue weighted by atomic mass is 16.6. The minimum atomic E-state index is -0.866. The molecule has 17 heavy (non-hydrogen) atoms. The minimum absolute atomic E-state index is 0.0106. The summed E-state index contributed by atoms with van der Waals surface area (Å²) in [5, 5.41) is 9.76. The fourth-order valence-electron chi connectivity index (χ4n) is 1.77. The molecule has 1 aromatic rings. The molecule has 0 aromatic carbocycles. The number of ether oxygens (including phenoxy) is 2. The van der Waals surface area contributed by atoms with Crippen LogP contribution in [0.4, 0.5) is 0 Å². The second-order valence-corrected chi connectivity index (χ2v) is 4.84. The molecule has 5 nitrogen and oxygen atoms in total. The van der Waals surface area contributed by atoms with E-state index in [0.717, 1.165) is 0 Å². The average molecular weight is 240 g/mol. The maximum absolute atomic E-state index is 11.4. The summed E-state index contributed by atoms with van der Waals surface area (Å²) in [4.78, 5) is 11.4. The smallest absolute Gasteiger partial charge is 0.335 e. The van der Waals surface area contributed by atoms with E-state index in [-0.39, 0.29) is 18.0 Å². The average Bonchev–Trinajstić information content (AvgIpc) is 2.86. The molecular weight excluding hydrogens is 224 g/mol. The third-order valence-electron chi connectivity index (χ3n) is 2.80. The van der Waals surface area contributed by atoms with Crippen molar-refractivity contribution in [3.8, 4) is 0 Å². The zero-order valence-corrected chi connectivity index (χ0v) is 9.88. The molecule has 1 fully saturated rings. The largest absolute Gasteiger partial charge is 0.467 e. The second kappa shape index (κ2) is 4.50. The molecule has 1 N–H and O–H groups in total. The first-order valence-corrected chi connectivity index (χ1v) is 5.50. The monoisotopic (exact) mass is 240 g/mol. The Morgan fingerprint density at radius 3 is 2.94 bits per heavy atom. The first-order valence-electron chi connectivity index (χ1n) is 5.50. The molecule has 2 heterocycles. The minimum Gasteiger partial charge on any atom is -0.467 e. The van der Waals surface area contributed by atoms with Crippen LogP contribution < -0.4 is 0 Å². The van der Waals surface area contributed by atoms with Crippen molar-refractivity contribution in [2.45, 2.75) is 26.1 Å². The Morgan fingerprint density at radius 1 is 1.65 bits per heavy atom. The normalized spacial score (nSPS) is 24.6. The van der Waals surface area contributed by atoms with Gasteiger partial charge < -0.3 is 19.0 Å². The summed E-state index contributed by atoms with van der Waals surface area (Å²) < 4.78 is 15.4. The predicted octanol–water partition coefficient (Wildman–Crippen LogP) is 1.28. The van der Waals surface area contributed by atoms with Crippen LogP contribution in [0.1, 0.15) is 25.7 Å². The molecular formula is C12H16O5. The molecule has 0 bridgehead atoms. The Kier molecular flexibility index (Phi) is 3.22. The van der Waals surface area contributed by atoms with E-state index in [0.29, 0.717) is 12.4 Å². The van der Waals surface area contributed by atoms with Gasteiger partial charge in [-0.1, -0.05) is 13.8 Å². The number of hydrogen-bond acceptors (Lipinski definition) is 5. The maximum Gasteiger partial charge on any atom is 0.335 e. The summed E-state index contributed by atoms with van der Waals surface area (Å²) >= 11 is 0. The van der Waals surface area contributed by atoms with Gasteiger partial charge in [-0.15, -0.1) is 0 Å². The molecule has 0 radical (unpaired) electrons. The Balaban J connectivity index is 1.92. The highest BCUT2D eigenvalue weighted by molar-refractivity contribution is 5.77. The lowest BCUT2D eigenvalue weighted by Crippen LogP contribution is -2.34. The van der Waals surface area contributed by atoms with Crippen LogP contribution in [0.3, 0.4) is 0 Å². The molecule has 1 unspecified atom stereocenters. The number of carbonyl (C=O) groups excluding carboxylic acids is 1. The summed E-state index contributed by atoms with van der Waals surface area (Å²) in [5.74, 6) is 0.0517. The molecule has 0 amide bonds. The summed E-state index contributed by atoms with van der Waals surface area (Å²) in [6.07, 6.45) is -0.0203. The van der Waals surface area contributed by atoms with Gasteiger partial charge in [0.1, 0.15) is 11.9 Å². The molecule has 1 saturated heterocycles. The highest BCUT2D eigenvalue weighted by Gasteiger charge is 2.44. The number of furan rings is 1. The summed E-state index contributed by atoms with van der Waals surface area (Å²) in [7, 11) is 0. The molecule has 0 saturated carbocycles. The molecule has 0 spiro atoms. The van der Waals surface area contributed by atoms with Crippen molar-refractivity contribution in [2.24, 2.45) is 5.41 Å². The molecule has 1 aromatic heterocycles. The molecule has 1 aliphatic rings. The lowest BCUT2D eigenvalue weighted by atomic mass is 9.90. The lowest BCUT2D eigenvalue weighted by molar-refractivity contribution is -0.150. The van der Waals surface area contributed by atoms with Crippen molar-refractivity contribution >= 4 is 5.97 Å². The van der Waals surface area contributed by atoms with E-state index in [1.54, 1.807) is 12.1 Å². The number of esters is 1. The third kappa shape index (κ3) is 2.50. The van der Waals surface area contributed by atoms with Crippen LogP contribution in [0, 0.1) is 5.41 Å². The number of cyclic esters (lactones) is 1. The van der Waals surface area contributed by atoms with Crippen molar-refractivity contribution in [3.05, 3.63) is 24.2 Å². The fourth-order valence-corrected chi connectivity index (χ4v) is 1.77. The Morgan fingerprint density at radius 2 is 2.41 bits per heavy atom. The van der Waals surface area contributed by atoms with Crippen LogP contribution in [0.15, 0.2) is 22.8 Å². The Hall–Kier alpha value is -1.33. The zero-order valence-electron chi connectivity index (χ0n) is 9.88. The number of rotatable bonds is 4. The van der Waals surface area contributed by atoms with Crippen molar-refractivity contribution in [3.63, 3.8) is 0 Å². The number of hydrogen-bond donors (Lipinski definition) is 1. The Bertz CT molecular complexity index is 382. The first kappa shape index (κ1) is 12.1. The van der Waals surface area contributed by atoms with Crippen LogP contribution >= 0.6 is 0 Å². The third-order valence-corrected chi connectivity index (χ3v) is 2.80. The van der Waals surface area contributed by atoms with E-state index in [4.69, 9.17) is 13.9 Å². The van der Waals surface area contributed by atoms with Crippen LogP contribution in [-0.4, -0.2) is 30.4 Å². The zero-order chi connectivity index (χ0) is 12.5. The topological polar surface area (TPSA) is 68.9 Å². The Labute approximate surface area is 99.3 Å². The van der Waals surface area contributed by atoms with Gasteiger partial charge >= 0.3 is 5.97 Å². The van der Waals surface area contributed by atoms with Crippen LogP contribution in [-0.2, 0) is 14.3 Å². The van der Waals surface area contributed by atoms with Gasteiger partial charge in [-0.2, -0.15) is 0 Å². The van der Waals surface area contributed by atoms with E-state index < -0.39 is 12.2 Å². The SMILES string of the molecule is CC1(C)COC(=O)[C@@H]1OCC(O)c1ccco1.